The molecule has 0 amide bonds. The topological polar surface area (TPSA) is 73.3 Å². The smallest absolute Gasteiger partial charge is 0.189 e. The van der Waals surface area contributed by atoms with Crippen LogP contribution in [0.3, 0.4) is 0 Å². The molecule has 2 saturated heterocycles. The number of aromatic nitrogens is 2. The first-order valence-electron chi connectivity index (χ1n) is 12.5. The van der Waals surface area contributed by atoms with E-state index in [4.69, 9.17) is 5.73 Å². The third kappa shape index (κ3) is 6.30. The molecule has 3 N–H and O–H groups in total. The maximum Gasteiger partial charge on any atom is 0.189 e. The number of anilines is 2. The third-order valence-corrected chi connectivity index (χ3v) is 6.92. The number of likely N-dealkylation sites (tertiary alicyclic amines) is 1. The minimum absolute atomic E-state index is 0.551. The minimum Gasteiger partial charge on any atom is -0.385 e. The van der Waals surface area contributed by atoms with Gasteiger partial charge in [0.2, 0.25) is 0 Å². The van der Waals surface area contributed by atoms with Crippen LogP contribution >= 0.6 is 0 Å². The van der Waals surface area contributed by atoms with E-state index in [1.807, 2.05) is 12.4 Å². The SMILES string of the molecule is CN(C)c1ccnc(C=[N+]2CCCC2[C@@H]2CCCN2Cc2cc(NCCCCN)ccn2)c1. The van der Waals surface area contributed by atoms with Gasteiger partial charge in [0, 0.05) is 63.8 Å². The van der Waals surface area contributed by atoms with Crippen LogP contribution in [0, 0.1) is 0 Å². The molecule has 2 aromatic rings. The first-order chi connectivity index (χ1) is 16.1. The highest BCUT2D eigenvalue weighted by Gasteiger charge is 2.41. The van der Waals surface area contributed by atoms with Gasteiger partial charge < -0.3 is 16.0 Å². The summed E-state index contributed by atoms with van der Waals surface area (Å²) in [5.41, 5.74) is 10.2. The zero-order chi connectivity index (χ0) is 23.0. The number of hydrogen-bond acceptors (Lipinski definition) is 6. The molecule has 0 spiro atoms. The van der Waals surface area contributed by atoms with Gasteiger partial charge in [0.25, 0.3) is 0 Å². The Morgan fingerprint density at radius 2 is 2.03 bits per heavy atom. The quantitative estimate of drug-likeness (QED) is 0.428. The second-order valence-corrected chi connectivity index (χ2v) is 9.55. The standard InChI is InChI=1S/C26H40N7/c1-31(2)24-10-14-30-23(18-24)20-33-16-6-8-26(33)25-7-5-15-32(25)19-22-17-21(9-13-29-22)28-12-4-3-11-27/h9-10,13-14,17-18,20,25-26H,3-8,11-12,15-16,19,27H2,1-2H3,(H,28,29)/q+1/t25-,26?/m0/s1. The molecule has 2 aromatic heterocycles. The van der Waals surface area contributed by atoms with E-state index in [1.54, 1.807) is 0 Å². The van der Waals surface area contributed by atoms with Crippen LogP contribution < -0.4 is 16.0 Å². The van der Waals surface area contributed by atoms with Crippen LogP contribution in [0.2, 0.25) is 0 Å². The largest absolute Gasteiger partial charge is 0.385 e. The molecule has 0 aromatic carbocycles. The van der Waals surface area contributed by atoms with Gasteiger partial charge in [-0.05, 0) is 63.0 Å². The molecule has 7 nitrogen and oxygen atoms in total. The van der Waals surface area contributed by atoms with Gasteiger partial charge in [-0.15, -0.1) is 0 Å². The first-order valence-corrected chi connectivity index (χ1v) is 12.5. The van der Waals surface area contributed by atoms with E-state index in [9.17, 15) is 0 Å². The predicted molar refractivity (Wildman–Crippen MR) is 136 cm³/mol. The van der Waals surface area contributed by atoms with E-state index in [2.05, 4.69) is 74.2 Å². The summed E-state index contributed by atoms with van der Waals surface area (Å²) in [6.45, 7) is 4.90. The minimum atomic E-state index is 0.551. The summed E-state index contributed by atoms with van der Waals surface area (Å²) in [5, 5.41) is 3.52. The molecule has 2 aliphatic heterocycles. The lowest BCUT2D eigenvalue weighted by atomic mass is 10.0. The van der Waals surface area contributed by atoms with Crippen molar-refractivity contribution < 1.29 is 4.58 Å². The van der Waals surface area contributed by atoms with Crippen LogP contribution in [0.1, 0.15) is 49.9 Å². The number of hydrogen-bond donors (Lipinski definition) is 2. The number of nitrogens with zero attached hydrogens (tertiary/aromatic N) is 5. The van der Waals surface area contributed by atoms with Crippen molar-refractivity contribution in [2.24, 2.45) is 5.73 Å². The molecular weight excluding hydrogens is 410 g/mol. The Labute approximate surface area is 198 Å². The predicted octanol–water partition coefficient (Wildman–Crippen LogP) is 2.95. The van der Waals surface area contributed by atoms with E-state index in [-0.39, 0.29) is 0 Å². The molecule has 1 unspecified atom stereocenters. The Kier molecular flexibility index (Phi) is 8.29. The Hall–Kier alpha value is -2.51. The zero-order valence-electron chi connectivity index (χ0n) is 20.3. The molecule has 0 radical (unpaired) electrons. The summed E-state index contributed by atoms with van der Waals surface area (Å²) >= 11 is 0. The normalized spacial score (nSPS) is 22.2. The zero-order valence-corrected chi connectivity index (χ0v) is 20.3. The van der Waals surface area contributed by atoms with Crippen molar-refractivity contribution in [2.75, 3.05) is 50.5 Å². The molecule has 2 atom stereocenters. The van der Waals surface area contributed by atoms with Crippen LogP contribution in [0.4, 0.5) is 11.4 Å². The molecule has 4 rings (SSSR count). The third-order valence-electron chi connectivity index (χ3n) is 6.92. The maximum atomic E-state index is 5.61. The van der Waals surface area contributed by atoms with Gasteiger partial charge in [0.1, 0.15) is 12.2 Å². The molecule has 33 heavy (non-hydrogen) atoms. The summed E-state index contributed by atoms with van der Waals surface area (Å²) < 4.78 is 2.55. The highest BCUT2D eigenvalue weighted by atomic mass is 15.2. The van der Waals surface area contributed by atoms with E-state index in [1.165, 1.54) is 31.4 Å². The van der Waals surface area contributed by atoms with Gasteiger partial charge in [0.05, 0.1) is 11.7 Å². The van der Waals surface area contributed by atoms with Crippen molar-refractivity contribution >= 4 is 17.6 Å². The van der Waals surface area contributed by atoms with Crippen LogP contribution in [0.5, 0.6) is 0 Å². The summed E-state index contributed by atoms with van der Waals surface area (Å²) in [5.74, 6) is 0. The lowest BCUT2D eigenvalue weighted by Crippen LogP contribution is -2.42. The van der Waals surface area contributed by atoms with E-state index >= 15 is 0 Å². The average molecular weight is 451 g/mol. The fourth-order valence-electron chi connectivity index (χ4n) is 5.21. The maximum absolute atomic E-state index is 5.61. The number of rotatable bonds is 10. The Balaban J connectivity index is 1.43. The molecule has 178 valence electrons. The van der Waals surface area contributed by atoms with Crippen LogP contribution in [-0.2, 0) is 6.54 Å². The van der Waals surface area contributed by atoms with Crippen LogP contribution in [0.25, 0.3) is 0 Å². The highest BCUT2D eigenvalue weighted by Crippen LogP contribution is 2.29. The summed E-state index contributed by atoms with van der Waals surface area (Å²) in [7, 11) is 4.15. The summed E-state index contributed by atoms with van der Waals surface area (Å²) in [6, 6.07) is 9.64. The Morgan fingerprint density at radius 3 is 2.88 bits per heavy atom. The van der Waals surface area contributed by atoms with E-state index in [0.29, 0.717) is 12.1 Å². The first kappa shape index (κ1) is 23.6. The van der Waals surface area contributed by atoms with E-state index in [0.717, 1.165) is 62.6 Å². The lowest BCUT2D eigenvalue weighted by molar-refractivity contribution is -0.545. The fraction of sp³-hybridized carbons (Fsp3) is 0.577. The van der Waals surface area contributed by atoms with Crippen molar-refractivity contribution in [2.45, 2.75) is 57.2 Å². The van der Waals surface area contributed by atoms with Crippen molar-refractivity contribution in [1.82, 2.24) is 14.9 Å². The van der Waals surface area contributed by atoms with Gasteiger partial charge >= 0.3 is 0 Å². The second-order valence-electron chi connectivity index (χ2n) is 9.55. The Morgan fingerprint density at radius 1 is 1.15 bits per heavy atom. The molecule has 4 heterocycles. The highest BCUT2D eigenvalue weighted by molar-refractivity contribution is 5.75. The van der Waals surface area contributed by atoms with Crippen molar-refractivity contribution in [1.29, 1.82) is 0 Å². The monoisotopic (exact) mass is 450 g/mol. The molecular formula is C26H40N7+. The molecule has 0 bridgehead atoms. The fourth-order valence-corrected chi connectivity index (χ4v) is 5.21. The Bertz CT molecular complexity index is 926. The summed E-state index contributed by atoms with van der Waals surface area (Å²) in [6.07, 6.45) is 13.3. The molecule has 0 saturated carbocycles. The average Bonchev–Trinajstić information content (AvgIpc) is 3.46. The van der Waals surface area contributed by atoms with E-state index < -0.39 is 0 Å². The van der Waals surface area contributed by atoms with Crippen molar-refractivity contribution in [3.05, 3.63) is 48.0 Å². The van der Waals surface area contributed by atoms with Gasteiger partial charge in [-0.2, -0.15) is 0 Å². The number of nitrogens with two attached hydrogens (primary N) is 1. The molecule has 2 fully saturated rings. The van der Waals surface area contributed by atoms with Gasteiger partial charge in [-0.25, -0.2) is 4.58 Å². The van der Waals surface area contributed by atoms with Gasteiger partial charge in [-0.3, -0.25) is 14.9 Å². The molecule has 7 heteroatoms. The number of unbranched alkanes of at least 4 members (excludes halogenated alkanes) is 1. The number of nitrogens with one attached hydrogen (secondary N) is 1. The van der Waals surface area contributed by atoms with Crippen molar-refractivity contribution in [3.63, 3.8) is 0 Å². The molecule has 0 aliphatic carbocycles. The van der Waals surface area contributed by atoms with Crippen LogP contribution in [0.15, 0.2) is 36.7 Å². The summed E-state index contributed by atoms with van der Waals surface area (Å²) in [4.78, 5) is 14.1. The molecule has 2 aliphatic rings. The van der Waals surface area contributed by atoms with Gasteiger partial charge in [-0.1, -0.05) is 0 Å². The van der Waals surface area contributed by atoms with Gasteiger partial charge in [0.15, 0.2) is 12.3 Å². The van der Waals surface area contributed by atoms with Crippen LogP contribution in [-0.4, -0.2) is 78.0 Å². The number of pyridine rings is 2. The second kappa shape index (κ2) is 11.6. The lowest BCUT2D eigenvalue weighted by Gasteiger charge is -2.26. The van der Waals surface area contributed by atoms with Crippen molar-refractivity contribution in [3.8, 4) is 0 Å².